The number of carbonyl (C=O) groups is 2. The second kappa shape index (κ2) is 10.5. The molecule has 1 amide bonds. The van der Waals surface area contributed by atoms with Crippen LogP contribution in [0.25, 0.3) is 5.76 Å². The van der Waals surface area contributed by atoms with E-state index in [1.165, 1.54) is 4.90 Å². The third-order valence-electron chi connectivity index (χ3n) is 6.34. The Morgan fingerprint density at radius 3 is 2.38 bits per heavy atom. The molecular weight excluding hydrogens is 466 g/mol. The first kappa shape index (κ1) is 23.9. The summed E-state index contributed by atoms with van der Waals surface area (Å²) in [6.45, 7) is 2.41. The molecule has 184 valence electrons. The number of carbonyl (C=O) groups excluding carboxylic acids is 2. The molecule has 1 aliphatic rings. The Kier molecular flexibility index (Phi) is 6.76. The van der Waals surface area contributed by atoms with Gasteiger partial charge in [0.25, 0.3) is 11.7 Å². The normalized spacial score (nSPS) is 16.7. The lowest BCUT2D eigenvalue weighted by Gasteiger charge is -2.25. The van der Waals surface area contributed by atoms with Gasteiger partial charge < -0.3 is 14.7 Å². The van der Waals surface area contributed by atoms with Crippen molar-refractivity contribution in [1.29, 1.82) is 0 Å². The van der Waals surface area contributed by atoms with Crippen LogP contribution in [-0.2, 0) is 22.7 Å². The van der Waals surface area contributed by atoms with E-state index in [1.54, 1.807) is 55.1 Å². The van der Waals surface area contributed by atoms with Crippen LogP contribution in [0.1, 0.15) is 33.9 Å². The van der Waals surface area contributed by atoms with E-state index in [1.807, 2.05) is 49.4 Å². The number of benzene rings is 2. The molecule has 1 N–H and O–H groups in total. The van der Waals surface area contributed by atoms with Gasteiger partial charge in [-0.3, -0.25) is 19.6 Å². The summed E-state index contributed by atoms with van der Waals surface area (Å²) >= 11 is 0. The van der Waals surface area contributed by atoms with Gasteiger partial charge in [0.1, 0.15) is 18.1 Å². The van der Waals surface area contributed by atoms with Crippen molar-refractivity contribution in [3.8, 4) is 5.75 Å². The molecule has 1 atom stereocenters. The van der Waals surface area contributed by atoms with Gasteiger partial charge in [0.15, 0.2) is 0 Å². The third-order valence-corrected chi connectivity index (χ3v) is 6.34. The second-order valence-electron chi connectivity index (χ2n) is 8.82. The first-order valence-corrected chi connectivity index (χ1v) is 11.9. The topological polar surface area (TPSA) is 92.6 Å². The molecule has 4 aromatic rings. The van der Waals surface area contributed by atoms with Crippen LogP contribution in [-0.4, -0.2) is 31.7 Å². The molecule has 37 heavy (non-hydrogen) atoms. The monoisotopic (exact) mass is 491 g/mol. The highest BCUT2D eigenvalue weighted by atomic mass is 16.5. The summed E-state index contributed by atoms with van der Waals surface area (Å²) in [5.74, 6) is -0.985. The standard InChI is InChI=1S/C30H25N3O4/c1-20-16-24(37-19-21-6-3-2-4-7-21)9-10-25(20)28(34)26-27(23-11-14-31-15-12-23)33(30(36)29(26)35)18-22-8-5-13-32-17-22/h2-17,27,34H,18-19H2,1H3/b28-26+. The van der Waals surface area contributed by atoms with E-state index in [9.17, 15) is 14.7 Å². The van der Waals surface area contributed by atoms with Crippen LogP contribution in [0, 0.1) is 6.92 Å². The summed E-state index contributed by atoms with van der Waals surface area (Å²) in [6, 6.07) is 21.4. The number of hydrogen-bond donors (Lipinski definition) is 1. The van der Waals surface area contributed by atoms with Crippen molar-refractivity contribution in [3.05, 3.63) is 131 Å². The van der Waals surface area contributed by atoms with Gasteiger partial charge in [-0.15, -0.1) is 0 Å². The highest BCUT2D eigenvalue weighted by molar-refractivity contribution is 6.46. The summed E-state index contributed by atoms with van der Waals surface area (Å²) in [7, 11) is 0. The zero-order chi connectivity index (χ0) is 25.8. The lowest BCUT2D eigenvalue weighted by Crippen LogP contribution is -2.29. The minimum Gasteiger partial charge on any atom is -0.507 e. The molecular formula is C30H25N3O4. The summed E-state index contributed by atoms with van der Waals surface area (Å²) in [5, 5.41) is 11.4. The van der Waals surface area contributed by atoms with E-state index in [-0.39, 0.29) is 17.9 Å². The molecule has 0 radical (unpaired) electrons. The summed E-state index contributed by atoms with van der Waals surface area (Å²) < 4.78 is 5.91. The van der Waals surface area contributed by atoms with Gasteiger partial charge in [-0.05, 0) is 65.6 Å². The number of Topliss-reactive ketones (excluding diaryl/α,β-unsaturated/α-hetero) is 1. The van der Waals surface area contributed by atoms with Crippen molar-refractivity contribution in [2.75, 3.05) is 0 Å². The first-order valence-electron chi connectivity index (χ1n) is 11.9. The van der Waals surface area contributed by atoms with Crippen LogP contribution in [0.5, 0.6) is 5.75 Å². The number of amides is 1. The van der Waals surface area contributed by atoms with E-state index >= 15 is 0 Å². The molecule has 1 aliphatic heterocycles. The predicted octanol–water partition coefficient (Wildman–Crippen LogP) is 4.99. The molecule has 2 aromatic carbocycles. The lowest BCUT2D eigenvalue weighted by molar-refractivity contribution is -0.140. The fourth-order valence-corrected chi connectivity index (χ4v) is 4.50. The molecule has 1 saturated heterocycles. The zero-order valence-corrected chi connectivity index (χ0v) is 20.2. The summed E-state index contributed by atoms with van der Waals surface area (Å²) in [6.07, 6.45) is 6.50. The number of aliphatic hydroxyl groups excluding tert-OH is 1. The lowest BCUT2D eigenvalue weighted by atomic mass is 9.94. The van der Waals surface area contributed by atoms with Gasteiger partial charge in [-0.2, -0.15) is 0 Å². The average molecular weight is 492 g/mol. The molecule has 3 heterocycles. The predicted molar refractivity (Wildman–Crippen MR) is 138 cm³/mol. The van der Waals surface area contributed by atoms with Gasteiger partial charge in [-0.1, -0.05) is 36.4 Å². The third kappa shape index (κ3) is 4.97. The number of pyridine rings is 2. The highest BCUT2D eigenvalue weighted by Gasteiger charge is 2.46. The Hall–Kier alpha value is -4.78. The Morgan fingerprint density at radius 1 is 0.919 bits per heavy atom. The number of hydrogen-bond acceptors (Lipinski definition) is 6. The molecule has 0 bridgehead atoms. The number of ketones is 1. The number of rotatable bonds is 7. The SMILES string of the molecule is Cc1cc(OCc2ccccc2)ccc1/C(O)=C1\C(=O)C(=O)N(Cc2cccnc2)C1c1ccncc1. The van der Waals surface area contributed by atoms with E-state index < -0.39 is 17.7 Å². The van der Waals surface area contributed by atoms with Gasteiger partial charge in [0.2, 0.25) is 0 Å². The van der Waals surface area contributed by atoms with Gasteiger partial charge in [0.05, 0.1) is 11.6 Å². The fourth-order valence-electron chi connectivity index (χ4n) is 4.50. The quantitative estimate of drug-likeness (QED) is 0.223. The zero-order valence-electron chi connectivity index (χ0n) is 20.2. The van der Waals surface area contributed by atoms with Crippen molar-refractivity contribution in [2.45, 2.75) is 26.1 Å². The van der Waals surface area contributed by atoms with Crippen molar-refractivity contribution in [2.24, 2.45) is 0 Å². The molecule has 7 heteroatoms. The minimum absolute atomic E-state index is 0.0427. The van der Waals surface area contributed by atoms with Crippen molar-refractivity contribution in [3.63, 3.8) is 0 Å². The highest BCUT2D eigenvalue weighted by Crippen LogP contribution is 2.40. The Bertz CT molecular complexity index is 1450. The van der Waals surface area contributed by atoms with Crippen molar-refractivity contribution in [1.82, 2.24) is 14.9 Å². The van der Waals surface area contributed by atoms with Crippen LogP contribution < -0.4 is 4.74 Å². The molecule has 1 unspecified atom stereocenters. The minimum atomic E-state index is -0.767. The maximum absolute atomic E-state index is 13.3. The fraction of sp³-hybridized carbons (Fsp3) is 0.133. The van der Waals surface area contributed by atoms with Crippen LogP contribution in [0.4, 0.5) is 0 Å². The summed E-state index contributed by atoms with van der Waals surface area (Å²) in [4.78, 5) is 36.1. The van der Waals surface area contributed by atoms with Crippen LogP contribution in [0.15, 0.2) is 103 Å². The molecule has 0 saturated carbocycles. The Balaban J connectivity index is 1.51. The Morgan fingerprint density at radius 2 is 1.68 bits per heavy atom. The van der Waals surface area contributed by atoms with Crippen LogP contribution in [0.3, 0.4) is 0 Å². The van der Waals surface area contributed by atoms with E-state index in [2.05, 4.69) is 9.97 Å². The van der Waals surface area contributed by atoms with E-state index in [0.29, 0.717) is 23.5 Å². The molecule has 0 spiro atoms. The molecule has 7 nitrogen and oxygen atoms in total. The Labute approximate surface area is 214 Å². The van der Waals surface area contributed by atoms with E-state index in [0.717, 1.165) is 16.7 Å². The maximum Gasteiger partial charge on any atom is 0.295 e. The number of aryl methyl sites for hydroxylation is 1. The smallest absolute Gasteiger partial charge is 0.295 e. The van der Waals surface area contributed by atoms with Gasteiger partial charge in [0, 0.05) is 36.9 Å². The van der Waals surface area contributed by atoms with Crippen LogP contribution in [0.2, 0.25) is 0 Å². The van der Waals surface area contributed by atoms with E-state index in [4.69, 9.17) is 4.74 Å². The van der Waals surface area contributed by atoms with Crippen molar-refractivity contribution >= 4 is 17.4 Å². The molecule has 1 fully saturated rings. The maximum atomic E-state index is 13.3. The number of aromatic nitrogens is 2. The molecule has 5 rings (SSSR count). The first-order chi connectivity index (χ1) is 18.0. The number of nitrogens with zero attached hydrogens (tertiary/aromatic N) is 3. The summed E-state index contributed by atoms with van der Waals surface area (Å²) in [5.41, 5.74) is 3.72. The van der Waals surface area contributed by atoms with Gasteiger partial charge in [-0.25, -0.2) is 0 Å². The largest absolute Gasteiger partial charge is 0.507 e. The number of aliphatic hydroxyl groups is 1. The second-order valence-corrected chi connectivity index (χ2v) is 8.82. The van der Waals surface area contributed by atoms with Gasteiger partial charge >= 0.3 is 0 Å². The number of ether oxygens (including phenoxy) is 1. The number of likely N-dealkylation sites (tertiary alicyclic amines) is 1. The molecule has 0 aliphatic carbocycles. The average Bonchev–Trinajstić information content (AvgIpc) is 3.18. The van der Waals surface area contributed by atoms with Crippen molar-refractivity contribution < 1.29 is 19.4 Å². The molecule has 2 aromatic heterocycles. The van der Waals surface area contributed by atoms with Crippen LogP contribution >= 0.6 is 0 Å².